The Kier molecular flexibility index (Phi) is 7.04. The van der Waals surface area contributed by atoms with E-state index in [-0.39, 0.29) is 5.39 Å². The summed E-state index contributed by atoms with van der Waals surface area (Å²) in [5.41, 5.74) is 0.0664. The lowest BCUT2D eigenvalue weighted by atomic mass is 10.2. The maximum absolute atomic E-state index is 14.1. The van der Waals surface area contributed by atoms with Crippen molar-refractivity contribution in [3.63, 3.8) is 0 Å². The molecule has 0 spiro atoms. The predicted octanol–water partition coefficient (Wildman–Crippen LogP) is 3.24. The zero-order chi connectivity index (χ0) is 18.5. The first-order valence-electron chi connectivity index (χ1n) is 7.38. The van der Waals surface area contributed by atoms with E-state index in [9.17, 15) is 13.4 Å². The molecule has 0 bridgehead atoms. The van der Waals surface area contributed by atoms with Crippen LogP contribution in [0, 0.1) is 5.82 Å². The summed E-state index contributed by atoms with van der Waals surface area (Å²) in [7, 11) is -1.08. The quantitative estimate of drug-likeness (QED) is 0.767. The van der Waals surface area contributed by atoms with E-state index >= 15 is 0 Å². The lowest BCUT2D eigenvalue weighted by Gasteiger charge is -2.25. The van der Waals surface area contributed by atoms with Gasteiger partial charge in [0.2, 0.25) is 0 Å². The summed E-state index contributed by atoms with van der Waals surface area (Å²) >= 11 is 0. The molecule has 0 fully saturated rings. The van der Waals surface area contributed by atoms with E-state index in [4.69, 9.17) is 9.15 Å². The summed E-state index contributed by atoms with van der Waals surface area (Å²) < 4.78 is 46.3. The van der Waals surface area contributed by atoms with Crippen LogP contribution < -0.4 is 5.56 Å². The van der Waals surface area contributed by atoms with Crippen molar-refractivity contribution in [3.05, 3.63) is 40.4 Å². The minimum Gasteiger partial charge on any atom is -0.311 e. The van der Waals surface area contributed by atoms with E-state index in [0.717, 1.165) is 12.5 Å². The first-order chi connectivity index (χ1) is 11.3. The molecule has 8 heteroatoms. The molecule has 2 rings (SSSR count). The Morgan fingerprint density at radius 3 is 2.42 bits per heavy atom. The van der Waals surface area contributed by atoms with Gasteiger partial charge >= 0.3 is 0 Å². The fraction of sp³-hybridized carbons (Fsp3) is 0.375. The van der Waals surface area contributed by atoms with Gasteiger partial charge in [0, 0.05) is 45.6 Å². The normalized spacial score (nSPS) is 13.5. The van der Waals surface area contributed by atoms with Gasteiger partial charge in [0.05, 0.1) is 15.2 Å². The molecule has 0 aliphatic carbocycles. The lowest BCUT2D eigenvalue weighted by molar-refractivity contribution is 0.108. The number of aromatic nitrogens is 1. The Balaban J connectivity index is 0.00000139. The van der Waals surface area contributed by atoms with E-state index in [0.29, 0.717) is 23.5 Å². The number of benzene rings is 1. The maximum atomic E-state index is 14.1. The molecular weight excluding hydrogens is 341 g/mol. The molecule has 1 atom stereocenters. The van der Waals surface area contributed by atoms with Gasteiger partial charge in [-0.2, -0.15) is 0 Å². The van der Waals surface area contributed by atoms with Crippen molar-refractivity contribution in [2.75, 3.05) is 13.1 Å². The van der Waals surface area contributed by atoms with Crippen LogP contribution in [0.4, 0.5) is 13.5 Å². The van der Waals surface area contributed by atoms with Crippen molar-refractivity contribution in [1.29, 1.82) is 0 Å². The fourth-order valence-electron chi connectivity index (χ4n) is 2.51. The highest BCUT2D eigenvalue weighted by Gasteiger charge is 2.18. The first kappa shape index (κ1) is 20.2. The minimum absolute atomic E-state index is 0.281. The number of aryl methyl sites for hydroxylation is 1. The highest BCUT2D eigenvalue weighted by molar-refractivity contribution is 7.98. The zero-order valence-electron chi connectivity index (χ0n) is 13.9. The molecule has 0 aliphatic rings. The summed E-state index contributed by atoms with van der Waals surface area (Å²) in [6.07, 6.45) is 0.858. The average molecular weight is 362 g/mol. The third-order valence-electron chi connectivity index (χ3n) is 3.78. The van der Waals surface area contributed by atoms with Gasteiger partial charge in [0.1, 0.15) is 5.82 Å². The molecule has 2 aromatic rings. The van der Waals surface area contributed by atoms with Gasteiger partial charge < -0.3 is 4.57 Å². The van der Waals surface area contributed by atoms with Crippen molar-refractivity contribution in [3.8, 4) is 0 Å². The third kappa shape index (κ3) is 3.81. The number of hydrogen-bond acceptors (Lipinski definition) is 2. The van der Waals surface area contributed by atoms with Crippen molar-refractivity contribution < 1.29 is 17.7 Å². The van der Waals surface area contributed by atoms with Crippen molar-refractivity contribution in [2.45, 2.75) is 25.2 Å². The molecule has 1 aromatic carbocycles. The van der Waals surface area contributed by atoms with Crippen LogP contribution in [0.2, 0.25) is 0 Å². The number of nitrogens with zero attached hydrogens (tertiary/aromatic N) is 2. The molecule has 1 unspecified atom stereocenters. The van der Waals surface area contributed by atoms with Crippen LogP contribution in [-0.2, 0) is 16.8 Å². The second-order valence-electron chi connectivity index (χ2n) is 5.23. The van der Waals surface area contributed by atoms with Gasteiger partial charge in [-0.15, -0.1) is 0 Å². The Hall–Kier alpha value is -1.80. The van der Waals surface area contributed by atoms with E-state index in [1.807, 2.05) is 13.8 Å². The van der Waals surface area contributed by atoms with Gasteiger partial charge in [0.15, 0.2) is 0 Å². The SMILES string of the molecule is C=S(=O)(c1ccc2c(c1)c(F)cc(=O)n2C)N(CC)CCC.FF. The summed E-state index contributed by atoms with van der Waals surface area (Å²) in [5.74, 6) is 3.27. The average Bonchev–Trinajstić information content (AvgIpc) is 2.58. The molecule has 0 saturated heterocycles. The molecule has 0 N–H and O–H groups in total. The summed E-state index contributed by atoms with van der Waals surface area (Å²) in [6, 6.07) is 5.77. The van der Waals surface area contributed by atoms with Crippen LogP contribution in [0.3, 0.4) is 0 Å². The van der Waals surface area contributed by atoms with Crippen LogP contribution in [0.25, 0.3) is 10.9 Å². The van der Waals surface area contributed by atoms with Crippen LogP contribution >= 0.6 is 0 Å². The molecule has 0 amide bonds. The topological polar surface area (TPSA) is 42.3 Å². The Morgan fingerprint density at radius 2 is 1.88 bits per heavy atom. The number of pyridine rings is 1. The fourth-order valence-corrected chi connectivity index (χ4v) is 4.29. The molecule has 4 nitrogen and oxygen atoms in total. The largest absolute Gasteiger partial charge is 0.311 e. The molecule has 24 heavy (non-hydrogen) atoms. The highest BCUT2D eigenvalue weighted by Crippen LogP contribution is 2.23. The van der Waals surface area contributed by atoms with E-state index < -0.39 is 21.1 Å². The summed E-state index contributed by atoms with van der Waals surface area (Å²) in [4.78, 5) is 12.1. The number of fused-ring (bicyclic) bond motifs is 1. The van der Waals surface area contributed by atoms with Gasteiger partial charge in [-0.3, -0.25) is 4.79 Å². The number of halogens is 3. The molecule has 1 aromatic heterocycles. The predicted molar refractivity (Wildman–Crippen MR) is 92.4 cm³/mol. The van der Waals surface area contributed by atoms with Crippen LogP contribution in [0.1, 0.15) is 20.3 Å². The second kappa shape index (κ2) is 8.34. The standard InChI is InChI=1S/C16H21FN2O2S.F2/c1-5-9-19(6-2)22(4,21)12-7-8-15-13(10-12)14(17)11-16(20)18(15)3;1-2/h7-8,10-11H,4-6,9H2,1-3H3;. The zero-order valence-corrected chi connectivity index (χ0v) is 14.7. The molecule has 1 heterocycles. The van der Waals surface area contributed by atoms with Crippen molar-refractivity contribution >= 4 is 26.5 Å². The molecule has 0 radical (unpaired) electrons. The number of rotatable bonds is 5. The van der Waals surface area contributed by atoms with Gasteiger partial charge in [-0.1, -0.05) is 13.8 Å². The molecule has 0 aliphatic heterocycles. The van der Waals surface area contributed by atoms with E-state index in [2.05, 4.69) is 5.87 Å². The Bertz CT molecular complexity index is 863. The second-order valence-corrected chi connectivity index (χ2v) is 7.50. The third-order valence-corrected chi connectivity index (χ3v) is 6.04. The Labute approximate surface area is 139 Å². The van der Waals surface area contributed by atoms with Crippen LogP contribution in [0.15, 0.2) is 34.0 Å². The van der Waals surface area contributed by atoms with Gasteiger partial charge in [0.25, 0.3) is 5.56 Å². The van der Waals surface area contributed by atoms with Gasteiger partial charge in [-0.25, -0.2) is 12.9 Å². The Morgan fingerprint density at radius 1 is 1.25 bits per heavy atom. The minimum atomic E-state index is -2.67. The molecular formula is C16H21F3N2O2S. The highest BCUT2D eigenvalue weighted by atomic mass is 32.2. The first-order valence-corrected chi connectivity index (χ1v) is 9.07. The van der Waals surface area contributed by atoms with Crippen LogP contribution in [-0.4, -0.2) is 32.0 Å². The van der Waals surface area contributed by atoms with E-state index in [1.54, 1.807) is 23.5 Å². The van der Waals surface area contributed by atoms with Gasteiger partial charge in [-0.05, 0) is 30.5 Å². The van der Waals surface area contributed by atoms with Crippen LogP contribution in [0.5, 0.6) is 0 Å². The van der Waals surface area contributed by atoms with Crippen molar-refractivity contribution in [2.24, 2.45) is 7.05 Å². The molecule has 0 saturated carbocycles. The maximum Gasteiger partial charge on any atom is 0.253 e. The van der Waals surface area contributed by atoms with E-state index in [1.165, 1.54) is 10.6 Å². The summed E-state index contributed by atoms with van der Waals surface area (Å²) in [5, 5.41) is 0.281. The number of hydrogen-bond donors (Lipinski definition) is 0. The monoisotopic (exact) mass is 362 g/mol. The smallest absolute Gasteiger partial charge is 0.253 e. The molecule has 134 valence electrons. The van der Waals surface area contributed by atoms with Crippen molar-refractivity contribution in [1.82, 2.24) is 8.87 Å². The lowest BCUT2D eigenvalue weighted by Crippen LogP contribution is -2.31. The summed E-state index contributed by atoms with van der Waals surface area (Å²) in [6.45, 7) is 5.19.